The van der Waals surface area contributed by atoms with Gasteiger partial charge in [0, 0.05) is 31.7 Å². The Morgan fingerprint density at radius 1 is 1.26 bits per heavy atom. The van der Waals surface area contributed by atoms with Crippen LogP contribution in [0.25, 0.3) is 0 Å². The maximum Gasteiger partial charge on any atom is 0.0479 e. The van der Waals surface area contributed by atoms with Crippen molar-refractivity contribution in [1.82, 2.24) is 10.2 Å². The number of nitrogens with zero attached hydrogens (tertiary/aromatic N) is 1. The van der Waals surface area contributed by atoms with Gasteiger partial charge in [0.25, 0.3) is 0 Å². The average molecular weight is 272 g/mol. The Balaban J connectivity index is 1.85. The first-order chi connectivity index (χ1) is 9.36. The summed E-state index contributed by atoms with van der Waals surface area (Å²) in [5.41, 5.74) is 2.85. The van der Waals surface area contributed by atoms with Crippen LogP contribution in [0.4, 0.5) is 0 Å². The molecule has 1 saturated heterocycles. The number of hydrogen-bond donors (Lipinski definition) is 1. The molecule has 1 aromatic heterocycles. The SMILES string of the molecule is CC(c1ccsc1)N1CCNCC1c1ccccc1. The van der Waals surface area contributed by atoms with Crippen molar-refractivity contribution in [3.63, 3.8) is 0 Å². The van der Waals surface area contributed by atoms with E-state index >= 15 is 0 Å². The largest absolute Gasteiger partial charge is 0.314 e. The summed E-state index contributed by atoms with van der Waals surface area (Å²) in [7, 11) is 0. The molecule has 100 valence electrons. The number of piperazine rings is 1. The van der Waals surface area contributed by atoms with Crippen LogP contribution >= 0.6 is 11.3 Å². The van der Waals surface area contributed by atoms with E-state index in [1.165, 1.54) is 11.1 Å². The van der Waals surface area contributed by atoms with Crippen molar-refractivity contribution >= 4 is 11.3 Å². The molecule has 2 nitrogen and oxygen atoms in total. The topological polar surface area (TPSA) is 15.3 Å². The van der Waals surface area contributed by atoms with E-state index in [0.29, 0.717) is 12.1 Å². The van der Waals surface area contributed by atoms with Gasteiger partial charge in [-0.2, -0.15) is 11.3 Å². The molecule has 2 heterocycles. The molecule has 3 heteroatoms. The maximum atomic E-state index is 3.52. The van der Waals surface area contributed by atoms with E-state index in [0.717, 1.165) is 19.6 Å². The van der Waals surface area contributed by atoms with Gasteiger partial charge >= 0.3 is 0 Å². The Bertz CT molecular complexity index is 495. The van der Waals surface area contributed by atoms with E-state index in [2.05, 4.69) is 64.3 Å². The molecule has 2 aromatic rings. The predicted octanol–water partition coefficient (Wildman–Crippen LogP) is 3.46. The Hall–Kier alpha value is -1.16. The van der Waals surface area contributed by atoms with Gasteiger partial charge in [-0.05, 0) is 34.9 Å². The molecular weight excluding hydrogens is 252 g/mol. The fourth-order valence-electron chi connectivity index (χ4n) is 2.87. The third-order valence-corrected chi connectivity index (χ3v) is 4.69. The predicted molar refractivity (Wildman–Crippen MR) is 81.5 cm³/mol. The van der Waals surface area contributed by atoms with Crippen LogP contribution in [0, 0.1) is 0 Å². The quantitative estimate of drug-likeness (QED) is 0.920. The molecule has 2 atom stereocenters. The zero-order chi connectivity index (χ0) is 13.1. The first-order valence-corrected chi connectivity index (χ1v) is 7.84. The van der Waals surface area contributed by atoms with Gasteiger partial charge in [-0.1, -0.05) is 30.3 Å². The minimum atomic E-state index is 0.477. The third-order valence-electron chi connectivity index (χ3n) is 3.99. The highest BCUT2D eigenvalue weighted by Gasteiger charge is 2.28. The highest BCUT2D eigenvalue weighted by atomic mass is 32.1. The smallest absolute Gasteiger partial charge is 0.0479 e. The number of hydrogen-bond acceptors (Lipinski definition) is 3. The summed E-state index contributed by atoms with van der Waals surface area (Å²) >= 11 is 1.79. The molecule has 1 N–H and O–H groups in total. The van der Waals surface area contributed by atoms with Gasteiger partial charge in [0.05, 0.1) is 0 Å². The van der Waals surface area contributed by atoms with Crippen molar-refractivity contribution in [3.05, 3.63) is 58.3 Å². The Morgan fingerprint density at radius 3 is 2.84 bits per heavy atom. The summed E-state index contributed by atoms with van der Waals surface area (Å²) in [5, 5.41) is 7.97. The molecule has 1 aromatic carbocycles. The van der Waals surface area contributed by atoms with Crippen molar-refractivity contribution < 1.29 is 0 Å². The van der Waals surface area contributed by atoms with Crippen molar-refractivity contribution in [1.29, 1.82) is 0 Å². The fourth-order valence-corrected chi connectivity index (χ4v) is 3.62. The number of benzene rings is 1. The van der Waals surface area contributed by atoms with Gasteiger partial charge in [0.1, 0.15) is 0 Å². The number of nitrogens with one attached hydrogen (secondary N) is 1. The standard InChI is InChI=1S/C16H20N2S/c1-13(15-7-10-19-12-15)18-9-8-17-11-16(18)14-5-3-2-4-6-14/h2-7,10,12-13,16-17H,8-9,11H2,1H3. The molecule has 0 saturated carbocycles. The Kier molecular flexibility index (Phi) is 3.97. The zero-order valence-corrected chi connectivity index (χ0v) is 12.1. The summed E-state index contributed by atoms with van der Waals surface area (Å²) < 4.78 is 0. The lowest BCUT2D eigenvalue weighted by molar-refractivity contribution is 0.115. The van der Waals surface area contributed by atoms with Gasteiger partial charge in [0.15, 0.2) is 0 Å². The molecule has 2 unspecified atom stereocenters. The van der Waals surface area contributed by atoms with E-state index in [-0.39, 0.29) is 0 Å². The molecule has 0 amide bonds. The lowest BCUT2D eigenvalue weighted by Crippen LogP contribution is -2.46. The van der Waals surface area contributed by atoms with Gasteiger partial charge in [-0.25, -0.2) is 0 Å². The summed E-state index contributed by atoms with van der Waals surface area (Å²) in [5.74, 6) is 0. The van der Waals surface area contributed by atoms with E-state index in [1.54, 1.807) is 11.3 Å². The van der Waals surface area contributed by atoms with Crippen LogP contribution in [0.3, 0.4) is 0 Å². The van der Waals surface area contributed by atoms with E-state index in [4.69, 9.17) is 0 Å². The normalized spacial score (nSPS) is 22.3. The van der Waals surface area contributed by atoms with E-state index in [9.17, 15) is 0 Å². The second-order valence-electron chi connectivity index (χ2n) is 5.10. The van der Waals surface area contributed by atoms with Crippen molar-refractivity contribution in [2.45, 2.75) is 19.0 Å². The molecule has 3 rings (SSSR count). The highest BCUT2D eigenvalue weighted by Crippen LogP contribution is 2.32. The molecule has 0 aliphatic carbocycles. The van der Waals surface area contributed by atoms with Crippen LogP contribution in [0.2, 0.25) is 0 Å². The zero-order valence-electron chi connectivity index (χ0n) is 11.3. The van der Waals surface area contributed by atoms with Gasteiger partial charge in [-0.3, -0.25) is 4.90 Å². The van der Waals surface area contributed by atoms with Crippen LogP contribution in [-0.4, -0.2) is 24.5 Å². The van der Waals surface area contributed by atoms with Gasteiger partial charge < -0.3 is 5.32 Å². The monoisotopic (exact) mass is 272 g/mol. The molecule has 1 aliphatic heterocycles. The Labute approximate surface area is 119 Å². The molecule has 0 radical (unpaired) electrons. The van der Waals surface area contributed by atoms with Crippen molar-refractivity contribution in [3.8, 4) is 0 Å². The first-order valence-electron chi connectivity index (χ1n) is 6.90. The summed E-state index contributed by atoms with van der Waals surface area (Å²) in [6.07, 6.45) is 0. The lowest BCUT2D eigenvalue weighted by Gasteiger charge is -2.40. The number of rotatable bonds is 3. The molecule has 0 bridgehead atoms. The second-order valence-corrected chi connectivity index (χ2v) is 5.88. The first kappa shape index (κ1) is 12.9. The molecular formula is C16H20N2S. The molecule has 1 aliphatic rings. The molecule has 1 fully saturated rings. The van der Waals surface area contributed by atoms with Crippen LogP contribution in [0.5, 0.6) is 0 Å². The third kappa shape index (κ3) is 2.73. The van der Waals surface area contributed by atoms with Gasteiger partial charge in [-0.15, -0.1) is 0 Å². The molecule has 0 spiro atoms. The summed E-state index contributed by atoms with van der Waals surface area (Å²) in [6, 6.07) is 14.1. The Morgan fingerprint density at radius 2 is 2.11 bits per heavy atom. The van der Waals surface area contributed by atoms with Crippen molar-refractivity contribution in [2.24, 2.45) is 0 Å². The maximum absolute atomic E-state index is 3.52. The van der Waals surface area contributed by atoms with Gasteiger partial charge in [0.2, 0.25) is 0 Å². The van der Waals surface area contributed by atoms with Crippen LogP contribution in [-0.2, 0) is 0 Å². The minimum Gasteiger partial charge on any atom is -0.314 e. The van der Waals surface area contributed by atoms with Crippen LogP contribution in [0.15, 0.2) is 47.2 Å². The average Bonchev–Trinajstić information content (AvgIpc) is 3.02. The second kappa shape index (κ2) is 5.87. The number of thiophene rings is 1. The van der Waals surface area contributed by atoms with Crippen LogP contribution < -0.4 is 5.32 Å². The summed E-state index contributed by atoms with van der Waals surface area (Å²) in [6.45, 7) is 5.55. The minimum absolute atomic E-state index is 0.477. The molecule has 19 heavy (non-hydrogen) atoms. The highest BCUT2D eigenvalue weighted by molar-refractivity contribution is 7.07. The van der Waals surface area contributed by atoms with Crippen molar-refractivity contribution in [2.75, 3.05) is 19.6 Å². The fraction of sp³-hybridized carbons (Fsp3) is 0.375. The lowest BCUT2D eigenvalue weighted by atomic mass is 9.99. The van der Waals surface area contributed by atoms with Crippen LogP contribution in [0.1, 0.15) is 30.1 Å². The van der Waals surface area contributed by atoms with E-state index in [1.807, 2.05) is 0 Å². The summed E-state index contributed by atoms with van der Waals surface area (Å²) in [4.78, 5) is 2.62. The van der Waals surface area contributed by atoms with E-state index < -0.39 is 0 Å².